The molecule has 1 saturated heterocycles. The predicted octanol–water partition coefficient (Wildman–Crippen LogP) is 3.92. The van der Waals surface area contributed by atoms with Crippen LogP contribution in [0.2, 0.25) is 0 Å². The zero-order valence-electron chi connectivity index (χ0n) is 12.3. The molecule has 0 radical (unpaired) electrons. The highest BCUT2D eigenvalue weighted by molar-refractivity contribution is 5.78. The minimum Gasteiger partial charge on any atom is -0.485 e. The molecule has 20 heavy (non-hydrogen) atoms. The summed E-state index contributed by atoms with van der Waals surface area (Å²) in [4.78, 5) is 14.0. The first-order valence-corrected chi connectivity index (χ1v) is 7.64. The first-order valence-electron chi connectivity index (χ1n) is 7.64. The highest BCUT2D eigenvalue weighted by Gasteiger charge is 2.29. The van der Waals surface area contributed by atoms with Crippen molar-refractivity contribution in [1.29, 1.82) is 0 Å². The van der Waals surface area contributed by atoms with Gasteiger partial charge in [-0.25, -0.2) is 4.39 Å². The second kappa shape index (κ2) is 6.91. The molecule has 112 valence electrons. The number of amides is 1. The first-order chi connectivity index (χ1) is 9.63. The molecule has 1 fully saturated rings. The van der Waals surface area contributed by atoms with Crippen molar-refractivity contribution in [2.45, 2.75) is 51.9 Å². The Kier molecular flexibility index (Phi) is 5.21. The molecule has 0 spiro atoms. The second-order valence-corrected chi connectivity index (χ2v) is 5.68. The average Bonchev–Trinajstić information content (AvgIpc) is 2.77. The number of ether oxygens (including phenoxy) is 1. The van der Waals surface area contributed by atoms with E-state index >= 15 is 0 Å². The lowest BCUT2D eigenvalue weighted by Gasteiger charge is -2.25. The van der Waals surface area contributed by atoms with Gasteiger partial charge in [0.05, 0.1) is 5.70 Å². The third-order valence-corrected chi connectivity index (χ3v) is 4.35. The molecule has 0 N–H and O–H groups in total. The fourth-order valence-electron chi connectivity index (χ4n) is 2.94. The molecule has 2 aliphatic rings. The number of allylic oxidation sites excluding steroid dienone is 1. The normalized spacial score (nSPS) is 25.9. The molecule has 0 saturated carbocycles. The fraction of sp³-hybridized carbons (Fsp3) is 0.688. The van der Waals surface area contributed by atoms with Gasteiger partial charge in [0.1, 0.15) is 12.4 Å². The van der Waals surface area contributed by atoms with Gasteiger partial charge in [0.2, 0.25) is 5.91 Å². The predicted molar refractivity (Wildman–Crippen MR) is 76.4 cm³/mol. The number of rotatable bonds is 2. The van der Waals surface area contributed by atoms with Gasteiger partial charge in [-0.15, -0.1) is 0 Å². The van der Waals surface area contributed by atoms with Gasteiger partial charge < -0.3 is 9.64 Å². The van der Waals surface area contributed by atoms with Gasteiger partial charge in [0.25, 0.3) is 0 Å². The zero-order chi connectivity index (χ0) is 14.5. The summed E-state index contributed by atoms with van der Waals surface area (Å²) in [5, 5.41) is 0. The molecule has 0 aliphatic carbocycles. The van der Waals surface area contributed by atoms with Crippen LogP contribution in [0.5, 0.6) is 0 Å². The van der Waals surface area contributed by atoms with Crippen LogP contribution in [0.3, 0.4) is 0 Å². The Morgan fingerprint density at radius 3 is 2.80 bits per heavy atom. The number of hydrogen-bond acceptors (Lipinski definition) is 2. The maximum Gasteiger partial charge on any atom is 0.226 e. The van der Waals surface area contributed by atoms with Crippen molar-refractivity contribution in [2.75, 3.05) is 13.2 Å². The van der Waals surface area contributed by atoms with Gasteiger partial charge in [-0.1, -0.05) is 39.2 Å². The molecule has 1 amide bonds. The Hall–Kier alpha value is -1.32. The molecular weight excluding hydrogens is 257 g/mol. The lowest BCUT2D eigenvalue weighted by molar-refractivity contribution is -0.130. The van der Waals surface area contributed by atoms with Crippen molar-refractivity contribution in [3.8, 4) is 0 Å². The van der Waals surface area contributed by atoms with Gasteiger partial charge in [-0.3, -0.25) is 4.79 Å². The average molecular weight is 281 g/mol. The van der Waals surface area contributed by atoms with Crippen LogP contribution in [0, 0.1) is 5.92 Å². The fourth-order valence-corrected chi connectivity index (χ4v) is 2.94. The maximum absolute atomic E-state index is 14.0. The molecule has 2 heterocycles. The molecule has 0 aromatic heterocycles. The highest BCUT2D eigenvalue weighted by atomic mass is 19.1. The summed E-state index contributed by atoms with van der Waals surface area (Å²) >= 11 is 0. The number of halogens is 1. The van der Waals surface area contributed by atoms with Crippen LogP contribution in [-0.2, 0) is 9.53 Å². The van der Waals surface area contributed by atoms with E-state index in [0.717, 1.165) is 25.7 Å². The summed E-state index contributed by atoms with van der Waals surface area (Å²) < 4.78 is 19.1. The van der Waals surface area contributed by atoms with Crippen molar-refractivity contribution >= 4 is 5.91 Å². The quantitative estimate of drug-likeness (QED) is 0.767. The molecule has 4 heteroatoms. The van der Waals surface area contributed by atoms with E-state index in [1.54, 1.807) is 4.90 Å². The van der Waals surface area contributed by atoms with E-state index in [1.165, 1.54) is 12.8 Å². The summed E-state index contributed by atoms with van der Waals surface area (Å²) in [7, 11) is 0. The molecule has 1 atom stereocenters. The number of nitrogens with zero attached hydrogens (tertiary/aromatic N) is 1. The minimum absolute atomic E-state index is 0.0220. The van der Waals surface area contributed by atoms with E-state index in [1.807, 2.05) is 0 Å². The van der Waals surface area contributed by atoms with Gasteiger partial charge >= 0.3 is 0 Å². The van der Waals surface area contributed by atoms with Crippen LogP contribution >= 0.6 is 0 Å². The summed E-state index contributed by atoms with van der Waals surface area (Å²) in [6.45, 7) is 6.41. The van der Waals surface area contributed by atoms with Crippen LogP contribution < -0.4 is 0 Å². The Morgan fingerprint density at radius 2 is 2.15 bits per heavy atom. The molecule has 0 aromatic carbocycles. The van der Waals surface area contributed by atoms with Crippen molar-refractivity contribution in [2.24, 2.45) is 5.92 Å². The van der Waals surface area contributed by atoms with Crippen molar-refractivity contribution < 1.29 is 13.9 Å². The smallest absolute Gasteiger partial charge is 0.226 e. The highest BCUT2D eigenvalue weighted by Crippen LogP contribution is 2.29. The Balaban J connectivity index is 2.10. The summed E-state index contributed by atoms with van der Waals surface area (Å²) in [5.41, 5.74) is 0.369. The molecule has 0 aromatic rings. The number of carbonyl (C=O) groups excluding carboxylic acids is 1. The van der Waals surface area contributed by atoms with Crippen LogP contribution in [0.1, 0.15) is 51.9 Å². The van der Waals surface area contributed by atoms with Crippen LogP contribution in [0.4, 0.5) is 4.39 Å². The van der Waals surface area contributed by atoms with Crippen molar-refractivity contribution in [1.82, 2.24) is 4.90 Å². The molecule has 3 nitrogen and oxygen atoms in total. The van der Waals surface area contributed by atoms with E-state index in [4.69, 9.17) is 4.74 Å². The third-order valence-electron chi connectivity index (χ3n) is 4.35. The van der Waals surface area contributed by atoms with E-state index in [0.29, 0.717) is 24.6 Å². The van der Waals surface area contributed by atoms with Crippen molar-refractivity contribution in [3.05, 3.63) is 23.9 Å². The SMILES string of the molecule is C=C1OCC(N2CCCCCC(CC)CCC2=O)=C1F. The lowest BCUT2D eigenvalue weighted by atomic mass is 9.92. The largest absolute Gasteiger partial charge is 0.485 e. The van der Waals surface area contributed by atoms with E-state index < -0.39 is 5.83 Å². The third kappa shape index (κ3) is 3.41. The summed E-state index contributed by atoms with van der Waals surface area (Å²) in [6, 6.07) is 0. The van der Waals surface area contributed by atoms with E-state index in [2.05, 4.69) is 13.5 Å². The van der Waals surface area contributed by atoms with Crippen LogP contribution in [-0.4, -0.2) is 24.0 Å². The Bertz CT molecular complexity index is 417. The number of carbonyl (C=O) groups is 1. The van der Waals surface area contributed by atoms with E-state index in [9.17, 15) is 9.18 Å². The van der Waals surface area contributed by atoms with Gasteiger partial charge in [-0.2, -0.15) is 0 Å². The maximum atomic E-state index is 14.0. The summed E-state index contributed by atoms with van der Waals surface area (Å²) in [6.07, 6.45) is 6.95. The van der Waals surface area contributed by atoms with E-state index in [-0.39, 0.29) is 18.3 Å². The van der Waals surface area contributed by atoms with Crippen LogP contribution in [0.15, 0.2) is 23.9 Å². The number of hydrogen-bond donors (Lipinski definition) is 0. The molecule has 2 aliphatic heterocycles. The minimum atomic E-state index is -0.456. The van der Waals surface area contributed by atoms with Gasteiger partial charge in [0.15, 0.2) is 5.83 Å². The molecular formula is C16H24FNO2. The molecule has 0 bridgehead atoms. The van der Waals surface area contributed by atoms with Gasteiger partial charge in [0, 0.05) is 13.0 Å². The summed E-state index contributed by atoms with van der Waals surface area (Å²) in [5.74, 6) is 0.236. The second-order valence-electron chi connectivity index (χ2n) is 5.68. The first kappa shape index (κ1) is 15.1. The van der Waals surface area contributed by atoms with Crippen molar-refractivity contribution in [3.63, 3.8) is 0 Å². The lowest BCUT2D eigenvalue weighted by Crippen LogP contribution is -2.33. The zero-order valence-corrected chi connectivity index (χ0v) is 12.3. The standard InChI is InChI=1S/C16H24FNO2/c1-3-13-7-5-4-6-10-18(15(19)9-8-13)14-11-20-12(2)16(14)17/h13H,2-11H2,1H3. The molecule has 2 rings (SSSR count). The Morgan fingerprint density at radius 1 is 1.35 bits per heavy atom. The molecule has 1 unspecified atom stereocenters. The topological polar surface area (TPSA) is 29.5 Å². The van der Waals surface area contributed by atoms with Crippen LogP contribution in [0.25, 0.3) is 0 Å². The monoisotopic (exact) mass is 281 g/mol. The Labute approximate surface area is 120 Å². The van der Waals surface area contributed by atoms with Gasteiger partial charge in [-0.05, 0) is 18.8 Å².